The molecule has 0 saturated carbocycles. The summed E-state index contributed by atoms with van der Waals surface area (Å²) in [5, 5.41) is 6.84. The van der Waals surface area contributed by atoms with Crippen LogP contribution in [0.3, 0.4) is 0 Å². The Balaban J connectivity index is 1.55. The molecule has 0 bridgehead atoms. The van der Waals surface area contributed by atoms with E-state index in [2.05, 4.69) is 10.4 Å². The van der Waals surface area contributed by atoms with Gasteiger partial charge in [-0.1, -0.05) is 0 Å². The summed E-state index contributed by atoms with van der Waals surface area (Å²) in [6, 6.07) is 5.87. The van der Waals surface area contributed by atoms with Crippen LogP contribution in [0.25, 0.3) is 0 Å². The quantitative estimate of drug-likeness (QED) is 0.890. The fourth-order valence-electron chi connectivity index (χ4n) is 3.04. The van der Waals surface area contributed by atoms with E-state index >= 15 is 0 Å². The van der Waals surface area contributed by atoms with Gasteiger partial charge in [0.1, 0.15) is 0 Å². The second-order valence-electron chi connectivity index (χ2n) is 6.51. The summed E-state index contributed by atoms with van der Waals surface area (Å²) in [5.74, 6) is -0.225. The second-order valence-corrected chi connectivity index (χ2v) is 6.51. The Labute approximate surface area is 154 Å². The van der Waals surface area contributed by atoms with E-state index in [0.717, 1.165) is 12.1 Å². The van der Waals surface area contributed by atoms with E-state index in [1.54, 1.807) is 28.9 Å². The molecule has 2 amide bonds. The second kappa shape index (κ2) is 7.42. The minimum Gasteiger partial charge on any atom is -0.339 e. The fraction of sp³-hybridized carbons (Fsp3) is 0.389. The number of nitrogens with zero attached hydrogens (tertiary/aromatic N) is 3. The number of carbonyl (C=O) groups is 2. The first-order valence-corrected chi connectivity index (χ1v) is 8.51. The molecule has 1 fully saturated rings. The van der Waals surface area contributed by atoms with Gasteiger partial charge in [-0.25, -0.2) is 0 Å². The van der Waals surface area contributed by atoms with Crippen LogP contribution in [-0.2, 0) is 18.0 Å². The number of nitrogens with one attached hydrogen (secondary N) is 1. The third-order valence-corrected chi connectivity index (χ3v) is 4.58. The maximum Gasteiger partial charge on any atom is 0.416 e. The van der Waals surface area contributed by atoms with Crippen molar-refractivity contribution >= 4 is 17.6 Å². The maximum absolute atomic E-state index is 12.6. The van der Waals surface area contributed by atoms with Crippen LogP contribution in [0.4, 0.5) is 19.0 Å². The Morgan fingerprint density at radius 2 is 1.74 bits per heavy atom. The van der Waals surface area contributed by atoms with Crippen LogP contribution in [-0.4, -0.2) is 39.6 Å². The molecule has 144 valence electrons. The predicted molar refractivity (Wildman–Crippen MR) is 91.9 cm³/mol. The van der Waals surface area contributed by atoms with Crippen LogP contribution < -0.4 is 5.32 Å². The summed E-state index contributed by atoms with van der Waals surface area (Å²) in [6.45, 7) is 0.750. The number of aromatic nitrogens is 2. The predicted octanol–water partition coefficient (Wildman–Crippen LogP) is 2.93. The monoisotopic (exact) mass is 380 g/mol. The van der Waals surface area contributed by atoms with Crippen molar-refractivity contribution in [3.8, 4) is 0 Å². The molecule has 1 aromatic heterocycles. The Hall–Kier alpha value is -2.84. The molecule has 0 unspecified atom stereocenters. The number of benzene rings is 1. The van der Waals surface area contributed by atoms with E-state index < -0.39 is 11.7 Å². The van der Waals surface area contributed by atoms with E-state index in [9.17, 15) is 22.8 Å². The lowest BCUT2D eigenvalue weighted by atomic mass is 9.95. The molecule has 9 heteroatoms. The summed E-state index contributed by atoms with van der Waals surface area (Å²) < 4.78 is 39.4. The van der Waals surface area contributed by atoms with E-state index in [0.29, 0.717) is 31.7 Å². The summed E-state index contributed by atoms with van der Waals surface area (Å²) in [6.07, 6.45) is -1.72. The fourth-order valence-corrected chi connectivity index (χ4v) is 3.04. The van der Waals surface area contributed by atoms with Crippen LogP contribution in [0.5, 0.6) is 0 Å². The average Bonchev–Trinajstić information content (AvgIpc) is 3.05. The zero-order valence-electron chi connectivity index (χ0n) is 14.7. The molecule has 1 aliphatic rings. The lowest BCUT2D eigenvalue weighted by molar-refractivity contribution is -0.137. The summed E-state index contributed by atoms with van der Waals surface area (Å²) in [7, 11) is 1.75. The third-order valence-electron chi connectivity index (χ3n) is 4.58. The molecule has 3 rings (SSSR count). The van der Waals surface area contributed by atoms with Gasteiger partial charge in [0, 0.05) is 43.9 Å². The van der Waals surface area contributed by atoms with Gasteiger partial charge in [-0.05, 0) is 37.1 Å². The highest BCUT2D eigenvalue weighted by Gasteiger charge is 2.31. The Kier molecular flexibility index (Phi) is 5.20. The topological polar surface area (TPSA) is 67.2 Å². The lowest BCUT2D eigenvalue weighted by Gasteiger charge is -2.31. The zero-order valence-corrected chi connectivity index (χ0v) is 14.7. The first kappa shape index (κ1) is 18.9. The minimum atomic E-state index is -4.43. The lowest BCUT2D eigenvalue weighted by Crippen LogP contribution is -2.41. The minimum absolute atomic E-state index is 0.143. The summed E-state index contributed by atoms with van der Waals surface area (Å²) >= 11 is 0. The zero-order chi connectivity index (χ0) is 19.6. The highest BCUT2D eigenvalue weighted by molar-refractivity contribution is 5.95. The number of hydrogen-bond donors (Lipinski definition) is 1. The van der Waals surface area contributed by atoms with Crippen molar-refractivity contribution < 1.29 is 22.8 Å². The van der Waals surface area contributed by atoms with Gasteiger partial charge in [-0.15, -0.1) is 0 Å². The van der Waals surface area contributed by atoms with Gasteiger partial charge in [0.05, 0.1) is 5.56 Å². The Morgan fingerprint density at radius 1 is 1.11 bits per heavy atom. The number of hydrogen-bond acceptors (Lipinski definition) is 3. The Morgan fingerprint density at radius 3 is 2.26 bits per heavy atom. The average molecular weight is 380 g/mol. The molecule has 0 radical (unpaired) electrons. The van der Waals surface area contributed by atoms with E-state index in [1.807, 2.05) is 0 Å². The molecular formula is C18H19F3N4O2. The van der Waals surface area contributed by atoms with Crippen LogP contribution in [0.2, 0.25) is 0 Å². The van der Waals surface area contributed by atoms with Crippen LogP contribution in [0.15, 0.2) is 36.5 Å². The molecule has 6 nitrogen and oxygen atoms in total. The largest absolute Gasteiger partial charge is 0.416 e. The summed E-state index contributed by atoms with van der Waals surface area (Å²) in [5.41, 5.74) is -0.580. The molecule has 1 saturated heterocycles. The number of carbonyl (C=O) groups excluding carboxylic acids is 2. The van der Waals surface area contributed by atoms with Crippen molar-refractivity contribution in [3.05, 3.63) is 47.7 Å². The number of likely N-dealkylation sites (tertiary alicyclic amines) is 1. The number of aryl methyl sites for hydroxylation is 1. The Bertz CT molecular complexity index is 822. The van der Waals surface area contributed by atoms with Gasteiger partial charge in [0.15, 0.2) is 5.82 Å². The molecule has 2 heterocycles. The van der Waals surface area contributed by atoms with Gasteiger partial charge in [-0.2, -0.15) is 18.3 Å². The number of piperidine rings is 1. The van der Waals surface area contributed by atoms with E-state index in [4.69, 9.17) is 0 Å². The number of alkyl halides is 3. The molecule has 2 aromatic rings. The molecular weight excluding hydrogens is 361 g/mol. The maximum atomic E-state index is 12.6. The first-order valence-electron chi connectivity index (χ1n) is 8.51. The number of amides is 2. The van der Waals surface area contributed by atoms with Crippen molar-refractivity contribution in [2.24, 2.45) is 13.0 Å². The first-order chi connectivity index (χ1) is 12.7. The molecule has 27 heavy (non-hydrogen) atoms. The van der Waals surface area contributed by atoms with Gasteiger partial charge in [0.2, 0.25) is 5.91 Å². The van der Waals surface area contributed by atoms with Crippen molar-refractivity contribution in [2.45, 2.75) is 19.0 Å². The molecule has 1 N–H and O–H groups in total. The van der Waals surface area contributed by atoms with Gasteiger partial charge < -0.3 is 10.2 Å². The number of halogens is 3. The van der Waals surface area contributed by atoms with Crippen molar-refractivity contribution in [1.29, 1.82) is 0 Å². The van der Waals surface area contributed by atoms with Crippen LogP contribution >= 0.6 is 0 Å². The molecule has 0 spiro atoms. The van der Waals surface area contributed by atoms with Crippen LogP contribution in [0, 0.1) is 5.92 Å². The van der Waals surface area contributed by atoms with Crippen molar-refractivity contribution in [2.75, 3.05) is 18.4 Å². The van der Waals surface area contributed by atoms with E-state index in [1.165, 1.54) is 12.1 Å². The SMILES string of the molecule is Cn1ccc(NC(=O)C2CCN(C(=O)c3ccc(C(F)(F)F)cc3)CC2)n1. The van der Waals surface area contributed by atoms with Gasteiger partial charge >= 0.3 is 6.18 Å². The van der Waals surface area contributed by atoms with E-state index in [-0.39, 0.29) is 23.3 Å². The van der Waals surface area contributed by atoms with Crippen molar-refractivity contribution in [1.82, 2.24) is 14.7 Å². The highest BCUT2D eigenvalue weighted by Crippen LogP contribution is 2.29. The number of anilines is 1. The highest BCUT2D eigenvalue weighted by atomic mass is 19.4. The van der Waals surface area contributed by atoms with Gasteiger partial charge in [0.25, 0.3) is 5.91 Å². The molecule has 0 aliphatic carbocycles. The normalized spacial score (nSPS) is 15.6. The van der Waals surface area contributed by atoms with Gasteiger partial charge in [-0.3, -0.25) is 14.3 Å². The third kappa shape index (κ3) is 4.47. The molecule has 1 aliphatic heterocycles. The number of rotatable bonds is 3. The molecule has 1 aromatic carbocycles. The molecule has 0 atom stereocenters. The standard InChI is InChI=1S/C18H19F3N4O2/c1-24-9-8-15(23-24)22-16(26)12-6-10-25(11-7-12)17(27)13-2-4-14(5-3-13)18(19,20)21/h2-5,8-9,12H,6-7,10-11H2,1H3,(H,22,23,26). The van der Waals surface area contributed by atoms with Crippen molar-refractivity contribution in [3.63, 3.8) is 0 Å². The smallest absolute Gasteiger partial charge is 0.339 e. The summed E-state index contributed by atoms with van der Waals surface area (Å²) in [4.78, 5) is 26.3. The van der Waals surface area contributed by atoms with Crippen LogP contribution in [0.1, 0.15) is 28.8 Å².